The molecule has 1 saturated heterocycles. The molecule has 3 heteroatoms. The van der Waals surface area contributed by atoms with Crippen LogP contribution in [0.3, 0.4) is 0 Å². The summed E-state index contributed by atoms with van der Waals surface area (Å²) in [5.41, 5.74) is -0.444. The molecule has 1 N–H and O–H groups in total. The van der Waals surface area contributed by atoms with Gasteiger partial charge in [0.05, 0.1) is 5.41 Å². The van der Waals surface area contributed by atoms with E-state index in [1.807, 2.05) is 0 Å². The second-order valence-corrected chi connectivity index (χ2v) is 6.09. The van der Waals surface area contributed by atoms with E-state index in [1.165, 1.54) is 0 Å². The molecule has 0 aromatic rings. The molecule has 0 radical (unpaired) electrons. The fourth-order valence-corrected chi connectivity index (χ4v) is 3.48. The third kappa shape index (κ3) is 3.25. The van der Waals surface area contributed by atoms with E-state index in [0.717, 1.165) is 45.2 Å². The van der Waals surface area contributed by atoms with Crippen LogP contribution in [0.25, 0.3) is 0 Å². The summed E-state index contributed by atoms with van der Waals surface area (Å²) in [5.74, 6) is 0.0695. The van der Waals surface area contributed by atoms with Crippen molar-refractivity contribution < 1.29 is 9.90 Å². The van der Waals surface area contributed by atoms with E-state index in [0.29, 0.717) is 12.0 Å². The van der Waals surface area contributed by atoms with Crippen molar-refractivity contribution in [3.05, 3.63) is 0 Å². The van der Waals surface area contributed by atoms with Gasteiger partial charge in [0.1, 0.15) is 0 Å². The van der Waals surface area contributed by atoms with Crippen LogP contribution in [0.15, 0.2) is 0 Å². The third-order valence-electron chi connectivity index (χ3n) is 4.59. The van der Waals surface area contributed by atoms with Crippen molar-refractivity contribution in [2.24, 2.45) is 11.3 Å². The molecule has 0 saturated carbocycles. The van der Waals surface area contributed by atoms with Crippen LogP contribution in [-0.2, 0) is 4.79 Å². The van der Waals surface area contributed by atoms with Gasteiger partial charge in [-0.15, -0.1) is 0 Å². The minimum atomic E-state index is -0.582. The summed E-state index contributed by atoms with van der Waals surface area (Å²) in [6, 6.07) is 0.610. The van der Waals surface area contributed by atoms with Crippen molar-refractivity contribution in [3.63, 3.8) is 0 Å². The lowest BCUT2D eigenvalue weighted by Gasteiger charge is -2.43. The van der Waals surface area contributed by atoms with Gasteiger partial charge in [-0.3, -0.25) is 4.79 Å². The summed E-state index contributed by atoms with van der Waals surface area (Å²) in [5, 5.41) is 9.49. The molecule has 106 valence electrons. The summed E-state index contributed by atoms with van der Waals surface area (Å²) in [4.78, 5) is 14.0. The Hall–Kier alpha value is -0.570. The maximum Gasteiger partial charge on any atom is 0.309 e. The average Bonchev–Trinajstić information content (AvgIpc) is 2.32. The molecule has 1 fully saturated rings. The van der Waals surface area contributed by atoms with Crippen molar-refractivity contribution in [3.8, 4) is 0 Å². The normalized spacial score (nSPS) is 22.1. The van der Waals surface area contributed by atoms with Crippen LogP contribution < -0.4 is 0 Å². The second kappa shape index (κ2) is 6.55. The number of carboxylic acid groups (broad SMARTS) is 1. The highest BCUT2D eigenvalue weighted by Gasteiger charge is 2.41. The van der Waals surface area contributed by atoms with Gasteiger partial charge in [0.2, 0.25) is 0 Å². The van der Waals surface area contributed by atoms with Gasteiger partial charge >= 0.3 is 5.97 Å². The van der Waals surface area contributed by atoms with Gasteiger partial charge in [-0.2, -0.15) is 0 Å². The minimum Gasteiger partial charge on any atom is -0.481 e. The smallest absolute Gasteiger partial charge is 0.309 e. The van der Waals surface area contributed by atoms with Crippen LogP contribution >= 0.6 is 0 Å². The summed E-state index contributed by atoms with van der Waals surface area (Å²) < 4.78 is 0. The molecule has 1 atom stereocenters. The van der Waals surface area contributed by atoms with Gasteiger partial charge in [0.15, 0.2) is 0 Å². The molecule has 1 unspecified atom stereocenters. The van der Waals surface area contributed by atoms with E-state index in [9.17, 15) is 9.90 Å². The molecule has 1 heterocycles. The van der Waals surface area contributed by atoms with E-state index in [-0.39, 0.29) is 0 Å². The standard InChI is InChI=1S/C15H29NO2/c1-5-7-15(14(17)18)8-10-16(11-9-15)13(6-2)12(3)4/h12-13H,5-11H2,1-4H3,(H,17,18). The highest BCUT2D eigenvalue weighted by Crippen LogP contribution is 2.37. The van der Waals surface area contributed by atoms with Crippen molar-refractivity contribution in [1.29, 1.82) is 0 Å². The zero-order valence-corrected chi connectivity index (χ0v) is 12.4. The first kappa shape index (κ1) is 15.5. The average molecular weight is 255 g/mol. The van der Waals surface area contributed by atoms with Gasteiger partial charge in [-0.25, -0.2) is 0 Å². The Labute approximate surface area is 112 Å². The highest BCUT2D eigenvalue weighted by molar-refractivity contribution is 5.74. The Bertz CT molecular complexity index is 268. The van der Waals surface area contributed by atoms with Crippen molar-refractivity contribution >= 4 is 5.97 Å². The maximum absolute atomic E-state index is 11.5. The summed E-state index contributed by atoms with van der Waals surface area (Å²) in [7, 11) is 0. The zero-order valence-electron chi connectivity index (χ0n) is 12.4. The largest absolute Gasteiger partial charge is 0.481 e. The second-order valence-electron chi connectivity index (χ2n) is 6.09. The number of carbonyl (C=O) groups is 1. The first-order valence-electron chi connectivity index (χ1n) is 7.44. The number of hydrogen-bond acceptors (Lipinski definition) is 2. The highest BCUT2D eigenvalue weighted by atomic mass is 16.4. The monoisotopic (exact) mass is 255 g/mol. The van der Waals surface area contributed by atoms with Crippen LogP contribution in [0.5, 0.6) is 0 Å². The van der Waals surface area contributed by atoms with Crippen LogP contribution in [0.2, 0.25) is 0 Å². The lowest BCUT2D eigenvalue weighted by Crippen LogP contribution is -2.49. The van der Waals surface area contributed by atoms with Gasteiger partial charge in [0, 0.05) is 6.04 Å². The predicted molar refractivity (Wildman–Crippen MR) is 74.7 cm³/mol. The van der Waals surface area contributed by atoms with Crippen LogP contribution in [0.4, 0.5) is 0 Å². The summed E-state index contributed by atoms with van der Waals surface area (Å²) in [6.07, 6.45) is 4.59. The van der Waals surface area contributed by atoms with E-state index < -0.39 is 11.4 Å². The van der Waals surface area contributed by atoms with Crippen LogP contribution in [0, 0.1) is 11.3 Å². The van der Waals surface area contributed by atoms with Crippen molar-refractivity contribution in [2.45, 2.75) is 65.8 Å². The van der Waals surface area contributed by atoms with Gasteiger partial charge < -0.3 is 10.0 Å². The fraction of sp³-hybridized carbons (Fsp3) is 0.933. The molecule has 0 aliphatic carbocycles. The molecular weight excluding hydrogens is 226 g/mol. The molecule has 1 rings (SSSR count). The summed E-state index contributed by atoms with van der Waals surface area (Å²) >= 11 is 0. The van der Waals surface area contributed by atoms with E-state index >= 15 is 0 Å². The molecule has 0 amide bonds. The Balaban J connectivity index is 2.65. The molecule has 0 bridgehead atoms. The summed E-state index contributed by atoms with van der Waals surface area (Å²) in [6.45, 7) is 10.7. The molecule has 0 spiro atoms. The van der Waals surface area contributed by atoms with E-state index in [1.54, 1.807) is 0 Å². The lowest BCUT2D eigenvalue weighted by molar-refractivity contribution is -0.153. The molecule has 1 aliphatic heterocycles. The van der Waals surface area contributed by atoms with Crippen LogP contribution in [-0.4, -0.2) is 35.1 Å². The number of carboxylic acids is 1. The van der Waals surface area contributed by atoms with Gasteiger partial charge in [-0.05, 0) is 44.7 Å². The molecular formula is C15H29NO2. The number of aliphatic carboxylic acids is 1. The molecule has 18 heavy (non-hydrogen) atoms. The zero-order chi connectivity index (χ0) is 13.8. The first-order chi connectivity index (χ1) is 8.46. The molecule has 0 aromatic heterocycles. The van der Waals surface area contributed by atoms with E-state index in [4.69, 9.17) is 0 Å². The number of nitrogens with zero attached hydrogens (tertiary/aromatic N) is 1. The van der Waals surface area contributed by atoms with Crippen LogP contribution in [0.1, 0.15) is 59.8 Å². The first-order valence-corrected chi connectivity index (χ1v) is 7.44. The maximum atomic E-state index is 11.5. The number of hydrogen-bond donors (Lipinski definition) is 1. The number of rotatable bonds is 6. The van der Waals surface area contributed by atoms with Crippen molar-refractivity contribution in [1.82, 2.24) is 4.90 Å². The topological polar surface area (TPSA) is 40.5 Å². The Morgan fingerprint density at radius 3 is 2.17 bits per heavy atom. The number of piperidine rings is 1. The fourth-order valence-electron chi connectivity index (χ4n) is 3.48. The molecule has 1 aliphatic rings. The predicted octanol–water partition coefficient (Wildman–Crippen LogP) is 3.39. The Morgan fingerprint density at radius 1 is 1.28 bits per heavy atom. The van der Waals surface area contributed by atoms with Gasteiger partial charge in [-0.1, -0.05) is 34.1 Å². The quantitative estimate of drug-likeness (QED) is 0.791. The minimum absolute atomic E-state index is 0.444. The lowest BCUT2D eigenvalue weighted by atomic mass is 9.74. The molecule has 3 nitrogen and oxygen atoms in total. The molecule has 0 aromatic carbocycles. The van der Waals surface area contributed by atoms with Crippen molar-refractivity contribution in [2.75, 3.05) is 13.1 Å². The SMILES string of the molecule is CCCC1(C(=O)O)CCN(C(CC)C(C)C)CC1. The number of likely N-dealkylation sites (tertiary alicyclic amines) is 1. The van der Waals surface area contributed by atoms with E-state index in [2.05, 4.69) is 32.6 Å². The Kier molecular flexibility index (Phi) is 5.64. The Morgan fingerprint density at radius 2 is 1.83 bits per heavy atom. The third-order valence-corrected chi connectivity index (χ3v) is 4.59. The van der Waals surface area contributed by atoms with Gasteiger partial charge in [0.25, 0.3) is 0 Å².